The van der Waals surface area contributed by atoms with Gasteiger partial charge < -0.3 is 10.1 Å². The third-order valence-corrected chi connectivity index (χ3v) is 3.62. The minimum atomic E-state index is -0.0912. The van der Waals surface area contributed by atoms with E-state index in [2.05, 4.69) is 17.5 Å². The molecule has 0 saturated heterocycles. The molecule has 1 fully saturated rings. The Bertz CT molecular complexity index is 275. The van der Waals surface area contributed by atoms with Gasteiger partial charge in [0.1, 0.15) is 0 Å². The summed E-state index contributed by atoms with van der Waals surface area (Å²) in [5.74, 6) is 1.36. The maximum absolute atomic E-state index is 11.2. The monoisotopic (exact) mass is 223 g/mol. The molecule has 1 N–H and O–H groups in total. The van der Waals surface area contributed by atoms with Gasteiger partial charge in [-0.2, -0.15) is 0 Å². The first kappa shape index (κ1) is 11.6. The first-order valence-corrected chi connectivity index (χ1v) is 6.37. The van der Waals surface area contributed by atoms with Gasteiger partial charge in [-0.1, -0.05) is 12.2 Å². The molecule has 3 aliphatic carbocycles. The van der Waals surface area contributed by atoms with Crippen LogP contribution in [0.4, 0.5) is 0 Å². The van der Waals surface area contributed by atoms with Crippen molar-refractivity contribution in [3.8, 4) is 0 Å². The topological polar surface area (TPSA) is 38.3 Å². The summed E-state index contributed by atoms with van der Waals surface area (Å²) in [6.07, 6.45) is 9.09. The Balaban J connectivity index is 1.67. The van der Waals surface area contributed by atoms with Crippen molar-refractivity contribution in [1.82, 2.24) is 5.32 Å². The van der Waals surface area contributed by atoms with Gasteiger partial charge in [-0.25, -0.2) is 0 Å². The highest BCUT2D eigenvalue weighted by Crippen LogP contribution is 2.35. The molecule has 3 aliphatic rings. The van der Waals surface area contributed by atoms with Crippen molar-refractivity contribution in [2.45, 2.75) is 38.6 Å². The van der Waals surface area contributed by atoms with Crippen LogP contribution >= 0.6 is 0 Å². The minimum Gasteiger partial charge on any atom is -0.466 e. The van der Waals surface area contributed by atoms with E-state index in [9.17, 15) is 4.79 Å². The minimum absolute atomic E-state index is 0.0912. The Labute approximate surface area is 97.2 Å². The standard InChI is InChI=1S/C13H21NO2/c1-2-16-13(15)7-8-14-12-9-10-3-5-11(12)6-4-10/h3,5,10-12,14H,2,4,6-9H2,1H3. The van der Waals surface area contributed by atoms with Crippen LogP contribution in [0.1, 0.15) is 32.6 Å². The molecule has 0 aromatic rings. The fraction of sp³-hybridized carbons (Fsp3) is 0.769. The zero-order valence-corrected chi connectivity index (χ0v) is 9.95. The number of carbonyl (C=O) groups excluding carboxylic acids is 1. The summed E-state index contributed by atoms with van der Waals surface area (Å²) in [5.41, 5.74) is 0. The third kappa shape index (κ3) is 2.85. The molecule has 16 heavy (non-hydrogen) atoms. The molecule has 0 heterocycles. The Morgan fingerprint density at radius 1 is 1.44 bits per heavy atom. The number of nitrogens with one attached hydrogen (secondary N) is 1. The second-order valence-electron chi connectivity index (χ2n) is 4.74. The summed E-state index contributed by atoms with van der Waals surface area (Å²) in [6.45, 7) is 3.08. The lowest BCUT2D eigenvalue weighted by Gasteiger charge is -2.38. The summed E-state index contributed by atoms with van der Waals surface area (Å²) >= 11 is 0. The number of allylic oxidation sites excluding steroid dienone is 1. The zero-order valence-electron chi connectivity index (χ0n) is 9.95. The summed E-state index contributed by atoms with van der Waals surface area (Å²) in [4.78, 5) is 11.2. The average molecular weight is 223 g/mol. The molecule has 0 amide bonds. The number of hydrogen-bond acceptors (Lipinski definition) is 3. The van der Waals surface area contributed by atoms with E-state index in [4.69, 9.17) is 4.74 Å². The molecular weight excluding hydrogens is 202 g/mol. The molecule has 0 aliphatic heterocycles. The Kier molecular flexibility index (Phi) is 3.99. The molecule has 3 nitrogen and oxygen atoms in total. The van der Waals surface area contributed by atoms with E-state index in [1.165, 1.54) is 19.3 Å². The molecular formula is C13H21NO2. The quantitative estimate of drug-likeness (QED) is 0.571. The summed E-state index contributed by atoms with van der Waals surface area (Å²) in [7, 11) is 0. The number of ether oxygens (including phenoxy) is 1. The van der Waals surface area contributed by atoms with Crippen LogP contribution in [0, 0.1) is 11.8 Å². The van der Waals surface area contributed by atoms with Gasteiger partial charge in [-0.05, 0) is 38.0 Å². The molecule has 0 aromatic carbocycles. The lowest BCUT2D eigenvalue weighted by molar-refractivity contribution is -0.143. The van der Waals surface area contributed by atoms with E-state index < -0.39 is 0 Å². The van der Waals surface area contributed by atoms with E-state index in [0.717, 1.165) is 12.5 Å². The van der Waals surface area contributed by atoms with Crippen LogP contribution in [-0.2, 0) is 9.53 Å². The van der Waals surface area contributed by atoms with E-state index in [0.29, 0.717) is 25.0 Å². The third-order valence-electron chi connectivity index (χ3n) is 3.62. The Morgan fingerprint density at radius 3 is 2.88 bits per heavy atom. The molecule has 3 rings (SSSR count). The predicted molar refractivity (Wildman–Crippen MR) is 63.0 cm³/mol. The highest BCUT2D eigenvalue weighted by atomic mass is 16.5. The molecule has 3 unspecified atom stereocenters. The predicted octanol–water partition coefficient (Wildman–Crippen LogP) is 1.88. The van der Waals surface area contributed by atoms with Gasteiger partial charge in [-0.3, -0.25) is 4.79 Å². The SMILES string of the molecule is CCOC(=O)CCNC1CC2C=CC1CC2. The van der Waals surface area contributed by atoms with Gasteiger partial charge in [-0.15, -0.1) is 0 Å². The molecule has 1 saturated carbocycles. The van der Waals surface area contributed by atoms with Crippen molar-refractivity contribution in [2.24, 2.45) is 11.8 Å². The molecule has 3 heteroatoms. The van der Waals surface area contributed by atoms with Crippen LogP contribution in [0.5, 0.6) is 0 Å². The smallest absolute Gasteiger partial charge is 0.307 e. The first-order chi connectivity index (χ1) is 7.79. The van der Waals surface area contributed by atoms with Crippen molar-refractivity contribution < 1.29 is 9.53 Å². The van der Waals surface area contributed by atoms with Crippen molar-refractivity contribution in [1.29, 1.82) is 0 Å². The summed E-state index contributed by atoms with van der Waals surface area (Å²) < 4.78 is 4.90. The van der Waals surface area contributed by atoms with Gasteiger partial charge in [0.25, 0.3) is 0 Å². The lowest BCUT2D eigenvalue weighted by Crippen LogP contribution is -2.43. The molecule has 0 aromatic heterocycles. The maximum atomic E-state index is 11.2. The fourth-order valence-electron chi connectivity index (χ4n) is 2.76. The van der Waals surface area contributed by atoms with Gasteiger partial charge in [0.05, 0.1) is 13.0 Å². The van der Waals surface area contributed by atoms with Gasteiger partial charge in [0, 0.05) is 12.6 Å². The Morgan fingerprint density at radius 2 is 2.31 bits per heavy atom. The second kappa shape index (κ2) is 5.48. The lowest BCUT2D eigenvalue weighted by atomic mass is 9.73. The Hall–Kier alpha value is -0.830. The van der Waals surface area contributed by atoms with Crippen LogP contribution in [0.3, 0.4) is 0 Å². The molecule has 3 atom stereocenters. The number of esters is 1. The number of fused-ring (bicyclic) bond motifs is 2. The summed E-state index contributed by atoms with van der Waals surface area (Å²) in [5, 5.41) is 3.49. The number of hydrogen-bond donors (Lipinski definition) is 1. The van der Waals surface area contributed by atoms with Gasteiger partial charge in [0.15, 0.2) is 0 Å². The largest absolute Gasteiger partial charge is 0.466 e. The van der Waals surface area contributed by atoms with Crippen LogP contribution < -0.4 is 5.32 Å². The number of rotatable bonds is 5. The highest BCUT2D eigenvalue weighted by Gasteiger charge is 2.31. The van der Waals surface area contributed by atoms with Crippen molar-refractivity contribution in [2.75, 3.05) is 13.2 Å². The van der Waals surface area contributed by atoms with Crippen molar-refractivity contribution >= 4 is 5.97 Å². The van der Waals surface area contributed by atoms with E-state index >= 15 is 0 Å². The first-order valence-electron chi connectivity index (χ1n) is 6.37. The average Bonchev–Trinajstić information content (AvgIpc) is 2.31. The molecule has 0 spiro atoms. The number of carbonyl (C=O) groups is 1. The normalized spacial score (nSPS) is 31.7. The van der Waals surface area contributed by atoms with E-state index in [1.54, 1.807) is 0 Å². The summed E-state index contributed by atoms with van der Waals surface area (Å²) in [6, 6.07) is 0.582. The maximum Gasteiger partial charge on any atom is 0.307 e. The van der Waals surface area contributed by atoms with Crippen LogP contribution in [0.15, 0.2) is 12.2 Å². The van der Waals surface area contributed by atoms with Crippen LogP contribution in [0.2, 0.25) is 0 Å². The molecule has 2 bridgehead atoms. The van der Waals surface area contributed by atoms with Crippen LogP contribution in [-0.4, -0.2) is 25.2 Å². The van der Waals surface area contributed by atoms with Gasteiger partial charge >= 0.3 is 5.97 Å². The second-order valence-corrected chi connectivity index (χ2v) is 4.74. The molecule has 0 radical (unpaired) electrons. The fourth-order valence-corrected chi connectivity index (χ4v) is 2.76. The highest BCUT2D eigenvalue weighted by molar-refractivity contribution is 5.69. The van der Waals surface area contributed by atoms with Gasteiger partial charge in [0.2, 0.25) is 0 Å². The van der Waals surface area contributed by atoms with Crippen molar-refractivity contribution in [3.63, 3.8) is 0 Å². The van der Waals surface area contributed by atoms with E-state index in [1.807, 2.05) is 6.92 Å². The van der Waals surface area contributed by atoms with E-state index in [-0.39, 0.29) is 5.97 Å². The van der Waals surface area contributed by atoms with Crippen LogP contribution in [0.25, 0.3) is 0 Å². The zero-order chi connectivity index (χ0) is 11.4. The molecule has 90 valence electrons. The van der Waals surface area contributed by atoms with Crippen molar-refractivity contribution in [3.05, 3.63) is 12.2 Å².